The predicted octanol–water partition coefficient (Wildman–Crippen LogP) is 3.17. The lowest BCUT2D eigenvalue weighted by Crippen LogP contribution is -2.23. The predicted molar refractivity (Wildman–Crippen MR) is 113 cm³/mol. The minimum atomic E-state index is -3.72. The van der Waals surface area contributed by atoms with Crippen LogP contribution in [-0.4, -0.2) is 44.8 Å². The Kier molecular flexibility index (Phi) is 6.53. The Labute approximate surface area is 175 Å². The number of aryl methyl sites for hydroxylation is 1. The molecule has 1 aromatic heterocycles. The van der Waals surface area contributed by atoms with E-state index >= 15 is 0 Å². The van der Waals surface area contributed by atoms with Gasteiger partial charge in [-0.2, -0.15) is 0 Å². The highest BCUT2D eigenvalue weighted by molar-refractivity contribution is 7.89. The van der Waals surface area contributed by atoms with E-state index in [0.29, 0.717) is 23.8 Å². The van der Waals surface area contributed by atoms with Crippen molar-refractivity contribution in [1.29, 1.82) is 0 Å². The van der Waals surface area contributed by atoms with Gasteiger partial charge >= 0.3 is 0 Å². The van der Waals surface area contributed by atoms with E-state index in [1.807, 2.05) is 30.3 Å². The van der Waals surface area contributed by atoms with Gasteiger partial charge in [-0.25, -0.2) is 17.7 Å². The van der Waals surface area contributed by atoms with Gasteiger partial charge in [-0.15, -0.1) is 0 Å². The van der Waals surface area contributed by atoms with Crippen LogP contribution in [-0.2, 0) is 21.2 Å². The quantitative estimate of drug-likeness (QED) is 0.590. The Hall–Kier alpha value is -3.17. The molecular formula is C21H23N3O5S. The first-order chi connectivity index (χ1) is 14.3. The van der Waals surface area contributed by atoms with Crippen LogP contribution in [0, 0.1) is 0 Å². The maximum absolute atomic E-state index is 12.5. The molecule has 0 bridgehead atoms. The third kappa shape index (κ3) is 4.87. The molecule has 30 heavy (non-hydrogen) atoms. The topological polar surface area (TPSA) is 102 Å². The SMILES string of the molecule is COc1ccc(NC(=O)CCc2ncc(-c3ccccc3)o2)cc1S(=O)(=O)N(C)C. The van der Waals surface area contributed by atoms with Crippen LogP contribution in [0.15, 0.2) is 64.0 Å². The summed E-state index contributed by atoms with van der Waals surface area (Å²) in [4.78, 5) is 16.5. The molecule has 0 saturated carbocycles. The summed E-state index contributed by atoms with van der Waals surface area (Å²) in [5, 5.41) is 2.71. The van der Waals surface area contributed by atoms with Crippen molar-refractivity contribution in [2.75, 3.05) is 26.5 Å². The zero-order valence-electron chi connectivity index (χ0n) is 17.0. The number of methoxy groups -OCH3 is 1. The molecule has 1 amide bonds. The van der Waals surface area contributed by atoms with Crippen LogP contribution >= 0.6 is 0 Å². The number of ether oxygens (including phenoxy) is 1. The van der Waals surface area contributed by atoms with Crippen molar-refractivity contribution < 1.29 is 22.4 Å². The van der Waals surface area contributed by atoms with E-state index in [0.717, 1.165) is 9.87 Å². The van der Waals surface area contributed by atoms with E-state index < -0.39 is 10.0 Å². The summed E-state index contributed by atoms with van der Waals surface area (Å²) in [6.07, 6.45) is 2.08. The summed E-state index contributed by atoms with van der Waals surface area (Å²) in [5.74, 6) is 1.01. The van der Waals surface area contributed by atoms with Crippen LogP contribution in [0.25, 0.3) is 11.3 Å². The van der Waals surface area contributed by atoms with E-state index in [1.54, 1.807) is 12.3 Å². The summed E-state index contributed by atoms with van der Waals surface area (Å²) >= 11 is 0. The first kappa shape index (κ1) is 21.5. The monoisotopic (exact) mass is 429 g/mol. The average Bonchev–Trinajstić information content (AvgIpc) is 3.22. The number of nitrogens with zero attached hydrogens (tertiary/aromatic N) is 2. The summed E-state index contributed by atoms with van der Waals surface area (Å²) in [5.41, 5.74) is 1.27. The van der Waals surface area contributed by atoms with E-state index in [1.165, 1.54) is 33.3 Å². The number of nitrogens with one attached hydrogen (secondary N) is 1. The fraction of sp³-hybridized carbons (Fsp3) is 0.238. The van der Waals surface area contributed by atoms with Gasteiger partial charge in [-0.1, -0.05) is 30.3 Å². The molecule has 8 nitrogen and oxygen atoms in total. The Balaban J connectivity index is 1.66. The Bertz CT molecular complexity index is 1120. The van der Waals surface area contributed by atoms with E-state index in [2.05, 4.69) is 10.3 Å². The Morgan fingerprint density at radius 3 is 2.57 bits per heavy atom. The minimum Gasteiger partial charge on any atom is -0.495 e. The van der Waals surface area contributed by atoms with E-state index in [-0.39, 0.29) is 23.0 Å². The van der Waals surface area contributed by atoms with Gasteiger partial charge < -0.3 is 14.5 Å². The molecule has 1 N–H and O–H groups in total. The number of amides is 1. The van der Waals surface area contributed by atoms with Crippen LogP contribution < -0.4 is 10.1 Å². The minimum absolute atomic E-state index is 0.0204. The summed E-state index contributed by atoms with van der Waals surface area (Å²) in [6, 6.07) is 14.0. The van der Waals surface area contributed by atoms with Crippen molar-refractivity contribution in [1.82, 2.24) is 9.29 Å². The van der Waals surface area contributed by atoms with Crippen molar-refractivity contribution in [3.8, 4) is 17.1 Å². The Morgan fingerprint density at radius 2 is 1.90 bits per heavy atom. The molecule has 3 rings (SSSR count). The van der Waals surface area contributed by atoms with Gasteiger partial charge in [-0.05, 0) is 18.2 Å². The maximum atomic E-state index is 12.5. The number of benzene rings is 2. The number of sulfonamides is 1. The molecule has 0 fully saturated rings. The highest BCUT2D eigenvalue weighted by atomic mass is 32.2. The number of rotatable bonds is 8. The van der Waals surface area contributed by atoms with Gasteiger partial charge in [0.25, 0.3) is 0 Å². The molecule has 0 saturated heterocycles. The molecule has 3 aromatic rings. The van der Waals surface area contributed by atoms with Crippen LogP contribution in [0.4, 0.5) is 5.69 Å². The highest BCUT2D eigenvalue weighted by Crippen LogP contribution is 2.29. The molecule has 2 aromatic carbocycles. The third-order valence-electron chi connectivity index (χ3n) is 4.38. The largest absolute Gasteiger partial charge is 0.495 e. The van der Waals surface area contributed by atoms with Gasteiger partial charge in [0, 0.05) is 38.2 Å². The molecule has 0 unspecified atom stereocenters. The molecule has 1 heterocycles. The third-order valence-corrected chi connectivity index (χ3v) is 6.22. The van der Waals surface area contributed by atoms with Gasteiger partial charge in [0.05, 0.1) is 13.3 Å². The molecule has 0 aliphatic heterocycles. The number of carbonyl (C=O) groups excluding carboxylic acids is 1. The first-order valence-corrected chi connectivity index (χ1v) is 10.7. The van der Waals surface area contributed by atoms with Gasteiger partial charge in [0.2, 0.25) is 15.9 Å². The fourth-order valence-electron chi connectivity index (χ4n) is 2.76. The molecule has 0 aliphatic carbocycles. The molecule has 0 aliphatic rings. The van der Waals surface area contributed by atoms with Crippen LogP contribution in [0.2, 0.25) is 0 Å². The molecular weight excluding hydrogens is 406 g/mol. The van der Waals surface area contributed by atoms with Crippen molar-refractivity contribution in [2.24, 2.45) is 0 Å². The first-order valence-electron chi connectivity index (χ1n) is 9.22. The van der Waals surface area contributed by atoms with Gasteiger partial charge in [0.15, 0.2) is 11.7 Å². The van der Waals surface area contributed by atoms with Crippen LogP contribution in [0.3, 0.4) is 0 Å². The summed E-state index contributed by atoms with van der Waals surface area (Å²) in [6.45, 7) is 0. The van der Waals surface area contributed by atoms with Crippen LogP contribution in [0.1, 0.15) is 12.3 Å². The second-order valence-electron chi connectivity index (χ2n) is 6.69. The lowest BCUT2D eigenvalue weighted by atomic mass is 10.2. The highest BCUT2D eigenvalue weighted by Gasteiger charge is 2.23. The van der Waals surface area contributed by atoms with E-state index in [9.17, 15) is 13.2 Å². The zero-order chi connectivity index (χ0) is 21.7. The summed E-state index contributed by atoms with van der Waals surface area (Å²) in [7, 11) is 0.528. The number of aromatic nitrogens is 1. The number of hydrogen-bond donors (Lipinski definition) is 1. The number of hydrogen-bond acceptors (Lipinski definition) is 6. The average molecular weight is 429 g/mol. The summed E-state index contributed by atoms with van der Waals surface area (Å²) < 4.78 is 36.9. The zero-order valence-corrected chi connectivity index (χ0v) is 17.8. The second kappa shape index (κ2) is 9.10. The van der Waals surface area contributed by atoms with Crippen LogP contribution in [0.5, 0.6) is 5.75 Å². The second-order valence-corrected chi connectivity index (χ2v) is 8.81. The van der Waals surface area contributed by atoms with Gasteiger partial charge in [0.1, 0.15) is 10.6 Å². The smallest absolute Gasteiger partial charge is 0.246 e. The number of anilines is 1. The standard InChI is InChI=1S/C21H23N3O5S/c1-24(2)30(26,27)19-13-16(9-10-17(19)28-3)23-20(25)11-12-21-22-14-18(29-21)15-7-5-4-6-8-15/h4-10,13-14H,11-12H2,1-3H3,(H,23,25). The normalized spacial score (nSPS) is 11.5. The van der Waals surface area contributed by atoms with Crippen molar-refractivity contribution in [3.63, 3.8) is 0 Å². The molecule has 0 spiro atoms. The fourth-order valence-corrected chi connectivity index (χ4v) is 3.83. The lowest BCUT2D eigenvalue weighted by Gasteiger charge is -2.15. The molecule has 158 valence electrons. The number of oxazole rings is 1. The van der Waals surface area contributed by atoms with Gasteiger partial charge in [-0.3, -0.25) is 4.79 Å². The van der Waals surface area contributed by atoms with Crippen molar-refractivity contribution >= 4 is 21.6 Å². The number of carbonyl (C=O) groups is 1. The molecule has 9 heteroatoms. The lowest BCUT2D eigenvalue weighted by molar-refractivity contribution is -0.116. The molecule has 0 atom stereocenters. The maximum Gasteiger partial charge on any atom is 0.246 e. The van der Waals surface area contributed by atoms with Crippen molar-refractivity contribution in [3.05, 3.63) is 60.6 Å². The molecule has 0 radical (unpaired) electrons. The van der Waals surface area contributed by atoms with Crippen molar-refractivity contribution in [2.45, 2.75) is 17.7 Å². The Morgan fingerprint density at radius 1 is 1.17 bits per heavy atom. The van der Waals surface area contributed by atoms with E-state index in [4.69, 9.17) is 9.15 Å².